The minimum Gasteiger partial charge on any atom is -0.298 e. The number of halogens is 4. The lowest BCUT2D eigenvalue weighted by atomic mass is 10.2. The Balaban J connectivity index is 1.91. The van der Waals surface area contributed by atoms with Crippen LogP contribution in [-0.2, 0) is 0 Å². The van der Waals surface area contributed by atoms with Gasteiger partial charge in [0.05, 0.1) is 25.8 Å². The Morgan fingerprint density at radius 1 is 1.14 bits per heavy atom. The Hall–Kier alpha value is -1.40. The van der Waals surface area contributed by atoms with Crippen molar-refractivity contribution in [2.24, 2.45) is 0 Å². The molecule has 2 aromatic carbocycles. The number of nitrogens with zero attached hydrogens (tertiary/aromatic N) is 1. The fourth-order valence-electron chi connectivity index (χ4n) is 1.81. The normalized spacial score (nSPS) is 10.9. The van der Waals surface area contributed by atoms with Crippen LogP contribution in [0.4, 0.5) is 9.52 Å². The van der Waals surface area contributed by atoms with Crippen LogP contribution in [0.5, 0.6) is 0 Å². The molecular formula is C14H6Cl3FN2OS. The molecule has 1 aromatic heterocycles. The fraction of sp³-hybridized carbons (Fsp3) is 0. The number of anilines is 1. The minimum atomic E-state index is -0.715. The van der Waals surface area contributed by atoms with Crippen LogP contribution in [0.25, 0.3) is 10.2 Å². The first-order chi connectivity index (χ1) is 10.4. The number of rotatable bonds is 2. The van der Waals surface area contributed by atoms with Crippen molar-refractivity contribution in [1.82, 2.24) is 4.98 Å². The molecule has 0 unspecified atom stereocenters. The molecule has 0 radical (unpaired) electrons. The van der Waals surface area contributed by atoms with Crippen molar-refractivity contribution in [2.75, 3.05) is 5.32 Å². The summed E-state index contributed by atoms with van der Waals surface area (Å²) in [5.74, 6) is -1.28. The largest absolute Gasteiger partial charge is 0.298 e. The third kappa shape index (κ3) is 3.03. The van der Waals surface area contributed by atoms with Crippen LogP contribution in [0, 0.1) is 5.82 Å². The molecule has 0 aliphatic carbocycles. The van der Waals surface area contributed by atoms with Crippen molar-refractivity contribution >= 4 is 67.4 Å². The van der Waals surface area contributed by atoms with E-state index >= 15 is 0 Å². The van der Waals surface area contributed by atoms with E-state index in [2.05, 4.69) is 10.3 Å². The Morgan fingerprint density at radius 3 is 2.68 bits per heavy atom. The molecule has 0 saturated heterocycles. The van der Waals surface area contributed by atoms with Gasteiger partial charge in [0.25, 0.3) is 5.91 Å². The first kappa shape index (κ1) is 15.5. The van der Waals surface area contributed by atoms with Gasteiger partial charge in [-0.25, -0.2) is 9.37 Å². The highest BCUT2D eigenvalue weighted by atomic mass is 35.5. The van der Waals surface area contributed by atoms with Crippen LogP contribution >= 0.6 is 46.1 Å². The number of hydrogen-bond acceptors (Lipinski definition) is 3. The molecule has 3 rings (SSSR count). The van der Waals surface area contributed by atoms with E-state index in [1.54, 1.807) is 18.2 Å². The van der Waals surface area contributed by atoms with Gasteiger partial charge in [-0.15, -0.1) is 0 Å². The van der Waals surface area contributed by atoms with Gasteiger partial charge < -0.3 is 0 Å². The summed E-state index contributed by atoms with van der Waals surface area (Å²) in [5, 5.41) is 3.46. The number of aromatic nitrogens is 1. The zero-order chi connectivity index (χ0) is 15.9. The van der Waals surface area contributed by atoms with Gasteiger partial charge in [-0.2, -0.15) is 0 Å². The first-order valence-corrected chi connectivity index (χ1v) is 7.91. The average Bonchev–Trinajstić information content (AvgIpc) is 2.83. The zero-order valence-electron chi connectivity index (χ0n) is 10.7. The summed E-state index contributed by atoms with van der Waals surface area (Å²) in [6.45, 7) is 0. The highest BCUT2D eigenvalue weighted by Gasteiger charge is 2.16. The van der Waals surface area contributed by atoms with E-state index in [9.17, 15) is 9.18 Å². The lowest BCUT2D eigenvalue weighted by molar-refractivity contribution is 0.102. The SMILES string of the molecule is O=C(Nc1nc2ccc(Cl)cc2s1)c1cc(F)c(Cl)cc1Cl. The second kappa shape index (κ2) is 6.01. The smallest absolute Gasteiger partial charge is 0.259 e. The maximum absolute atomic E-state index is 13.5. The quantitative estimate of drug-likeness (QED) is 0.588. The zero-order valence-corrected chi connectivity index (χ0v) is 13.7. The highest BCUT2D eigenvalue weighted by molar-refractivity contribution is 7.22. The first-order valence-electron chi connectivity index (χ1n) is 5.96. The fourth-order valence-corrected chi connectivity index (χ4v) is 3.42. The maximum Gasteiger partial charge on any atom is 0.259 e. The summed E-state index contributed by atoms with van der Waals surface area (Å²) in [6, 6.07) is 7.38. The maximum atomic E-state index is 13.5. The number of nitrogens with one attached hydrogen (secondary N) is 1. The van der Waals surface area contributed by atoms with Crippen molar-refractivity contribution in [1.29, 1.82) is 0 Å². The Kier molecular flexibility index (Phi) is 4.23. The van der Waals surface area contributed by atoms with Gasteiger partial charge in [0.15, 0.2) is 5.13 Å². The van der Waals surface area contributed by atoms with Crippen LogP contribution in [0.2, 0.25) is 15.1 Å². The number of amides is 1. The number of thiazole rings is 1. The van der Waals surface area contributed by atoms with Crippen LogP contribution in [0.15, 0.2) is 30.3 Å². The van der Waals surface area contributed by atoms with Gasteiger partial charge in [0, 0.05) is 5.02 Å². The second-order valence-electron chi connectivity index (χ2n) is 4.33. The van der Waals surface area contributed by atoms with E-state index in [0.29, 0.717) is 15.7 Å². The van der Waals surface area contributed by atoms with Gasteiger partial charge in [-0.3, -0.25) is 10.1 Å². The predicted octanol–water partition coefficient (Wildman–Crippen LogP) is 5.65. The monoisotopic (exact) mass is 374 g/mol. The number of carbonyl (C=O) groups excluding carboxylic acids is 1. The number of benzene rings is 2. The van der Waals surface area contributed by atoms with Crippen LogP contribution in [-0.4, -0.2) is 10.9 Å². The second-order valence-corrected chi connectivity index (χ2v) is 6.61. The molecule has 1 amide bonds. The van der Waals surface area contributed by atoms with E-state index in [1.807, 2.05) is 0 Å². The van der Waals surface area contributed by atoms with Crippen molar-refractivity contribution < 1.29 is 9.18 Å². The average molecular weight is 376 g/mol. The van der Waals surface area contributed by atoms with Crippen molar-refractivity contribution in [3.8, 4) is 0 Å². The van der Waals surface area contributed by atoms with Gasteiger partial charge in [-0.05, 0) is 30.3 Å². The molecule has 22 heavy (non-hydrogen) atoms. The molecule has 112 valence electrons. The minimum absolute atomic E-state index is 0.0131. The van der Waals surface area contributed by atoms with Gasteiger partial charge in [0.1, 0.15) is 5.82 Å². The van der Waals surface area contributed by atoms with E-state index in [1.165, 1.54) is 17.4 Å². The molecule has 1 heterocycles. The van der Waals surface area contributed by atoms with Crippen LogP contribution in [0.1, 0.15) is 10.4 Å². The molecule has 0 spiro atoms. The summed E-state index contributed by atoms with van der Waals surface area (Å²) >= 11 is 18.7. The standard InChI is InChI=1S/C14H6Cl3FN2OS/c15-6-1-2-11-12(3-6)22-14(19-11)20-13(21)7-4-10(18)9(17)5-8(7)16/h1-5H,(H,19,20,21). The molecule has 0 aliphatic rings. The van der Waals surface area contributed by atoms with Crippen molar-refractivity contribution in [2.45, 2.75) is 0 Å². The lowest BCUT2D eigenvalue weighted by Crippen LogP contribution is -2.12. The Morgan fingerprint density at radius 2 is 1.91 bits per heavy atom. The summed E-state index contributed by atoms with van der Waals surface area (Å²) in [4.78, 5) is 16.4. The molecule has 0 atom stereocenters. The van der Waals surface area contributed by atoms with Gasteiger partial charge >= 0.3 is 0 Å². The molecule has 0 saturated carbocycles. The molecular weight excluding hydrogens is 370 g/mol. The van der Waals surface area contributed by atoms with E-state index in [4.69, 9.17) is 34.8 Å². The van der Waals surface area contributed by atoms with Crippen LogP contribution in [0.3, 0.4) is 0 Å². The molecule has 0 fully saturated rings. The van der Waals surface area contributed by atoms with E-state index in [0.717, 1.165) is 10.8 Å². The Labute approximate surface area is 143 Å². The molecule has 0 aliphatic heterocycles. The van der Waals surface area contributed by atoms with Crippen molar-refractivity contribution in [3.63, 3.8) is 0 Å². The molecule has 0 bridgehead atoms. The third-order valence-corrected chi connectivity index (χ3v) is 4.60. The number of carbonyl (C=O) groups is 1. The number of hydrogen-bond donors (Lipinski definition) is 1. The molecule has 3 nitrogen and oxygen atoms in total. The highest BCUT2D eigenvalue weighted by Crippen LogP contribution is 2.30. The summed E-state index contributed by atoms with van der Waals surface area (Å²) in [5.41, 5.74) is 0.693. The van der Waals surface area contributed by atoms with Gasteiger partial charge in [-0.1, -0.05) is 46.1 Å². The molecule has 8 heteroatoms. The summed E-state index contributed by atoms with van der Waals surface area (Å²) < 4.78 is 14.3. The molecule has 1 N–H and O–H groups in total. The van der Waals surface area contributed by atoms with Crippen LogP contribution < -0.4 is 5.32 Å². The summed E-state index contributed by atoms with van der Waals surface area (Å²) in [7, 11) is 0. The molecule has 3 aromatic rings. The topological polar surface area (TPSA) is 42.0 Å². The number of fused-ring (bicyclic) bond motifs is 1. The van der Waals surface area contributed by atoms with Gasteiger partial charge in [0.2, 0.25) is 0 Å². The third-order valence-electron chi connectivity index (χ3n) is 2.83. The van der Waals surface area contributed by atoms with E-state index < -0.39 is 11.7 Å². The van der Waals surface area contributed by atoms with E-state index in [-0.39, 0.29) is 15.6 Å². The predicted molar refractivity (Wildman–Crippen MR) is 89.0 cm³/mol. The lowest BCUT2D eigenvalue weighted by Gasteiger charge is -2.05. The Bertz CT molecular complexity index is 897. The summed E-state index contributed by atoms with van der Waals surface area (Å²) in [6.07, 6.45) is 0. The van der Waals surface area contributed by atoms with Crippen molar-refractivity contribution in [3.05, 3.63) is 56.8 Å².